The van der Waals surface area contributed by atoms with Gasteiger partial charge in [-0.25, -0.2) is 9.59 Å². The molecular weight excluding hydrogens is 574 g/mol. The van der Waals surface area contributed by atoms with Crippen molar-refractivity contribution in [3.63, 3.8) is 0 Å². The number of esters is 3. The summed E-state index contributed by atoms with van der Waals surface area (Å²) in [5, 5.41) is 1.90. The monoisotopic (exact) mass is 615 g/mol. The number of carbonyl (C=O) groups excluding carboxylic acids is 3. The van der Waals surface area contributed by atoms with Crippen LogP contribution < -0.4 is 15.2 Å². The summed E-state index contributed by atoms with van der Waals surface area (Å²) in [5.74, 6) is 1.30. The lowest BCUT2D eigenvalue weighted by atomic mass is 9.48. The van der Waals surface area contributed by atoms with Crippen molar-refractivity contribution in [2.45, 2.75) is 76.0 Å². The summed E-state index contributed by atoms with van der Waals surface area (Å²) in [6, 6.07) is 16.9. The first kappa shape index (κ1) is 31.2. The van der Waals surface area contributed by atoms with Crippen LogP contribution in [-0.2, 0) is 29.2 Å². The molecule has 0 radical (unpaired) electrons. The summed E-state index contributed by atoms with van der Waals surface area (Å²) in [5.41, 5.74) is 7.59. The van der Waals surface area contributed by atoms with E-state index in [-0.39, 0.29) is 36.9 Å². The zero-order valence-corrected chi connectivity index (χ0v) is 25.9. The molecule has 9 nitrogen and oxygen atoms in total. The highest BCUT2D eigenvalue weighted by Crippen LogP contribution is 2.62. The lowest BCUT2D eigenvalue weighted by molar-refractivity contribution is -0.150. The maximum absolute atomic E-state index is 12.8. The lowest BCUT2D eigenvalue weighted by Gasteiger charge is -2.57. The summed E-state index contributed by atoms with van der Waals surface area (Å²) >= 11 is 0. The maximum atomic E-state index is 12.8. The van der Waals surface area contributed by atoms with E-state index in [0.717, 1.165) is 34.3 Å². The van der Waals surface area contributed by atoms with Crippen LogP contribution in [0.5, 0.6) is 11.5 Å². The van der Waals surface area contributed by atoms with E-state index in [9.17, 15) is 14.4 Å². The Labute approximate surface area is 263 Å². The molecule has 4 aliphatic carbocycles. The van der Waals surface area contributed by atoms with Gasteiger partial charge in [-0.3, -0.25) is 4.79 Å². The van der Waals surface area contributed by atoms with Crippen molar-refractivity contribution in [3.8, 4) is 11.5 Å². The molecule has 2 N–H and O–H groups in total. The molecule has 4 aliphatic rings. The van der Waals surface area contributed by atoms with Gasteiger partial charge in [-0.2, -0.15) is 0 Å². The number of hydrogen-bond donors (Lipinski definition) is 1. The van der Waals surface area contributed by atoms with Gasteiger partial charge in [0.15, 0.2) is 13.1 Å². The quantitative estimate of drug-likeness (QED) is 0.112. The number of carbonyl (C=O) groups is 3. The van der Waals surface area contributed by atoms with Crippen molar-refractivity contribution in [3.05, 3.63) is 71.8 Å². The van der Waals surface area contributed by atoms with Crippen LogP contribution in [0.25, 0.3) is 10.8 Å². The van der Waals surface area contributed by atoms with E-state index in [1.165, 1.54) is 44.1 Å². The van der Waals surface area contributed by atoms with Crippen LogP contribution in [-0.4, -0.2) is 44.1 Å². The minimum Gasteiger partial charge on any atom is -0.467 e. The highest BCUT2D eigenvalue weighted by molar-refractivity contribution is 5.96. The molecule has 0 saturated heterocycles. The highest BCUT2D eigenvalue weighted by atomic mass is 16.7. The van der Waals surface area contributed by atoms with Crippen molar-refractivity contribution in [1.29, 1.82) is 0 Å². The largest absolute Gasteiger partial charge is 0.467 e. The Bertz CT molecular complexity index is 1520. The van der Waals surface area contributed by atoms with E-state index in [2.05, 4.69) is 12.1 Å². The number of benzene rings is 3. The molecule has 0 heterocycles. The standard InChI is InChI=1S/C36H41NO8/c1-22(41-2)42-21-43-32-17-27-8-9-29(15-28(27)16-30(32)36-18-23-12-24(19-36)14-25(13-23)20-36)44-35(40)31(37)10-11-33(38)45-34(39)26-6-4-3-5-7-26/h3-9,15-17,22-25,31H,10-14,18-21,37H2,1-2H3. The van der Waals surface area contributed by atoms with Gasteiger partial charge in [-0.05, 0) is 122 Å². The first-order valence-corrected chi connectivity index (χ1v) is 15.8. The molecule has 238 valence electrons. The number of ether oxygens (including phenoxy) is 5. The first-order valence-electron chi connectivity index (χ1n) is 15.8. The van der Waals surface area contributed by atoms with E-state index in [1.54, 1.807) is 43.5 Å². The van der Waals surface area contributed by atoms with E-state index in [1.807, 2.05) is 19.1 Å². The molecule has 3 aromatic rings. The molecule has 0 amide bonds. The topological polar surface area (TPSA) is 123 Å². The van der Waals surface area contributed by atoms with Crippen LogP contribution in [0.15, 0.2) is 60.7 Å². The van der Waals surface area contributed by atoms with Crippen molar-refractivity contribution >= 4 is 28.7 Å². The Balaban J connectivity index is 1.15. The highest BCUT2D eigenvalue weighted by Gasteiger charge is 2.52. The molecule has 9 heteroatoms. The fraction of sp³-hybridized carbons (Fsp3) is 0.472. The number of methoxy groups -OCH3 is 1. The third-order valence-electron chi connectivity index (χ3n) is 9.77. The van der Waals surface area contributed by atoms with Gasteiger partial charge >= 0.3 is 17.9 Å². The van der Waals surface area contributed by atoms with Gasteiger partial charge in [0, 0.05) is 19.1 Å². The van der Waals surface area contributed by atoms with E-state index < -0.39 is 23.9 Å². The van der Waals surface area contributed by atoms with Crippen molar-refractivity contribution in [2.24, 2.45) is 23.5 Å². The van der Waals surface area contributed by atoms with Crippen LogP contribution in [0, 0.1) is 17.8 Å². The van der Waals surface area contributed by atoms with Gasteiger partial charge in [0.2, 0.25) is 0 Å². The smallest absolute Gasteiger partial charge is 0.345 e. The lowest BCUT2D eigenvalue weighted by Crippen LogP contribution is -2.48. The van der Waals surface area contributed by atoms with Gasteiger partial charge in [0.05, 0.1) is 5.56 Å². The zero-order chi connectivity index (χ0) is 31.6. The van der Waals surface area contributed by atoms with Crippen molar-refractivity contribution in [1.82, 2.24) is 0 Å². The average molecular weight is 616 g/mol. The summed E-state index contributed by atoms with van der Waals surface area (Å²) in [4.78, 5) is 37.1. The first-order chi connectivity index (χ1) is 21.7. The van der Waals surface area contributed by atoms with Gasteiger partial charge in [0.1, 0.15) is 17.5 Å². The van der Waals surface area contributed by atoms with Gasteiger partial charge in [0.25, 0.3) is 0 Å². The van der Waals surface area contributed by atoms with Crippen molar-refractivity contribution in [2.75, 3.05) is 13.9 Å². The van der Waals surface area contributed by atoms with Gasteiger partial charge in [-0.15, -0.1) is 0 Å². The molecule has 7 rings (SSSR count). The molecule has 0 aromatic heterocycles. The molecule has 2 unspecified atom stereocenters. The van der Waals surface area contributed by atoms with Crippen LogP contribution in [0.2, 0.25) is 0 Å². The van der Waals surface area contributed by atoms with Gasteiger partial charge in [-0.1, -0.05) is 24.3 Å². The minimum absolute atomic E-state index is 0.0199. The maximum Gasteiger partial charge on any atom is 0.345 e. The predicted octanol–water partition coefficient (Wildman–Crippen LogP) is 6.05. The van der Waals surface area contributed by atoms with Crippen LogP contribution >= 0.6 is 0 Å². The second kappa shape index (κ2) is 13.3. The number of nitrogens with two attached hydrogens (primary N) is 1. The Kier molecular flexibility index (Phi) is 9.21. The number of fused-ring (bicyclic) bond motifs is 1. The Morgan fingerprint density at radius 2 is 1.60 bits per heavy atom. The summed E-state index contributed by atoms with van der Waals surface area (Å²) in [6.07, 6.45) is 6.90. The summed E-state index contributed by atoms with van der Waals surface area (Å²) < 4.78 is 27.7. The molecule has 45 heavy (non-hydrogen) atoms. The average Bonchev–Trinajstić information content (AvgIpc) is 3.03. The normalized spacial score (nSPS) is 24.6. The number of hydrogen-bond acceptors (Lipinski definition) is 9. The molecule has 4 bridgehead atoms. The van der Waals surface area contributed by atoms with Crippen LogP contribution in [0.4, 0.5) is 0 Å². The third-order valence-corrected chi connectivity index (χ3v) is 9.77. The second-order valence-electron chi connectivity index (χ2n) is 13.0. The van der Waals surface area contributed by atoms with E-state index >= 15 is 0 Å². The van der Waals surface area contributed by atoms with Crippen LogP contribution in [0.3, 0.4) is 0 Å². The molecule has 0 spiro atoms. The second-order valence-corrected chi connectivity index (χ2v) is 13.0. The zero-order valence-electron chi connectivity index (χ0n) is 25.9. The Morgan fingerprint density at radius 1 is 0.911 bits per heavy atom. The minimum atomic E-state index is -1.06. The van der Waals surface area contributed by atoms with Crippen LogP contribution in [0.1, 0.15) is 74.2 Å². The molecule has 0 aliphatic heterocycles. The van der Waals surface area contributed by atoms with E-state index in [0.29, 0.717) is 5.75 Å². The van der Waals surface area contributed by atoms with E-state index in [4.69, 9.17) is 29.4 Å². The van der Waals surface area contributed by atoms with Crippen molar-refractivity contribution < 1.29 is 38.1 Å². The Morgan fingerprint density at radius 3 is 2.27 bits per heavy atom. The Hall–Kier alpha value is -3.79. The third kappa shape index (κ3) is 7.06. The molecule has 3 aromatic carbocycles. The molecule has 2 atom stereocenters. The molecule has 4 fully saturated rings. The van der Waals surface area contributed by atoms with Gasteiger partial charge < -0.3 is 29.4 Å². The SMILES string of the molecule is COC(C)OCOc1cc2ccc(OC(=O)C(N)CCC(=O)OC(=O)c3ccccc3)cc2cc1C12CC3CC(CC(C3)C1)C2. The molecule has 4 saturated carbocycles. The summed E-state index contributed by atoms with van der Waals surface area (Å²) in [7, 11) is 1.60. The number of rotatable bonds is 12. The fourth-order valence-electron chi connectivity index (χ4n) is 7.92. The predicted molar refractivity (Wildman–Crippen MR) is 167 cm³/mol. The summed E-state index contributed by atoms with van der Waals surface area (Å²) in [6.45, 7) is 1.92. The fourth-order valence-corrected chi connectivity index (χ4v) is 7.92. The molecular formula is C36H41NO8.